The van der Waals surface area contributed by atoms with Gasteiger partial charge < -0.3 is 11.1 Å². The highest BCUT2D eigenvalue weighted by atomic mass is 19.1. The maximum Gasteiger partial charge on any atom is 0.273 e. The Morgan fingerprint density at radius 3 is 2.19 bits per heavy atom. The summed E-state index contributed by atoms with van der Waals surface area (Å²) in [6.07, 6.45) is -0.0117. The highest BCUT2D eigenvalue weighted by molar-refractivity contribution is 6.44. The summed E-state index contributed by atoms with van der Waals surface area (Å²) < 4.78 is 27.9. The predicted octanol–water partition coefficient (Wildman–Crippen LogP) is 2.52. The topological polar surface area (TPSA) is 106 Å². The van der Waals surface area contributed by atoms with Crippen LogP contribution in [0.3, 0.4) is 0 Å². The van der Waals surface area contributed by atoms with E-state index in [1.807, 2.05) is 0 Å². The van der Waals surface area contributed by atoms with Gasteiger partial charge in [-0.05, 0) is 55.5 Å². The molecule has 158 valence electrons. The van der Waals surface area contributed by atoms with Gasteiger partial charge in [0.25, 0.3) is 5.91 Å². The Balaban J connectivity index is 1.60. The molecule has 0 spiro atoms. The van der Waals surface area contributed by atoms with Crippen molar-refractivity contribution in [2.24, 2.45) is 10.8 Å². The molecule has 8 nitrogen and oxygen atoms in total. The fourth-order valence-electron chi connectivity index (χ4n) is 3.26. The van der Waals surface area contributed by atoms with Gasteiger partial charge in [-0.3, -0.25) is 14.6 Å². The van der Waals surface area contributed by atoms with E-state index in [0.717, 1.165) is 0 Å². The van der Waals surface area contributed by atoms with Crippen molar-refractivity contribution >= 4 is 29.0 Å². The largest absolute Gasteiger partial charge is 0.368 e. The standard InChI is InChI=1S/C21H18F2N6O2/c1-12-10-19(29(26-12)16-8-4-14(23)5-9-16)25-21(31)17-11-18(20(24)30)28(27-17)15-6-2-13(22)3-7-15/h2-10,18H,11H2,1H3,(H2,24,30)(H,25,31). The number of aromatic nitrogens is 2. The van der Waals surface area contributed by atoms with Gasteiger partial charge >= 0.3 is 0 Å². The number of nitrogens with one attached hydrogen (secondary N) is 1. The molecule has 2 aromatic carbocycles. The minimum absolute atomic E-state index is 0.0117. The van der Waals surface area contributed by atoms with Gasteiger partial charge in [0, 0.05) is 12.5 Å². The first-order valence-electron chi connectivity index (χ1n) is 9.37. The first-order chi connectivity index (χ1) is 14.8. The average molecular weight is 424 g/mol. The predicted molar refractivity (Wildman–Crippen MR) is 111 cm³/mol. The van der Waals surface area contributed by atoms with Crippen LogP contribution < -0.4 is 16.1 Å². The summed E-state index contributed by atoms with van der Waals surface area (Å²) in [6, 6.07) is 11.8. The van der Waals surface area contributed by atoms with Gasteiger partial charge in [-0.15, -0.1) is 0 Å². The number of hydrazone groups is 1. The van der Waals surface area contributed by atoms with Crippen LogP contribution in [-0.4, -0.2) is 33.3 Å². The Labute approximate surface area is 176 Å². The minimum atomic E-state index is -0.880. The van der Waals surface area contributed by atoms with Gasteiger partial charge in [-0.25, -0.2) is 13.5 Å². The van der Waals surface area contributed by atoms with Crippen molar-refractivity contribution in [1.29, 1.82) is 0 Å². The quantitative estimate of drug-likeness (QED) is 0.657. The summed E-state index contributed by atoms with van der Waals surface area (Å²) in [7, 11) is 0. The van der Waals surface area contributed by atoms with E-state index in [4.69, 9.17) is 5.73 Å². The average Bonchev–Trinajstić information content (AvgIpc) is 3.33. The second-order valence-corrected chi connectivity index (χ2v) is 7.00. The lowest BCUT2D eigenvalue weighted by Gasteiger charge is -2.20. The van der Waals surface area contributed by atoms with Crippen LogP contribution in [0, 0.1) is 18.6 Å². The van der Waals surface area contributed by atoms with Crippen LogP contribution in [0.5, 0.6) is 0 Å². The molecule has 1 aliphatic heterocycles. The van der Waals surface area contributed by atoms with Crippen molar-refractivity contribution in [3.63, 3.8) is 0 Å². The molecule has 2 heterocycles. The van der Waals surface area contributed by atoms with Crippen LogP contribution in [0.15, 0.2) is 59.7 Å². The Morgan fingerprint density at radius 1 is 1.03 bits per heavy atom. The van der Waals surface area contributed by atoms with Crippen molar-refractivity contribution in [1.82, 2.24) is 9.78 Å². The molecule has 3 aromatic rings. The van der Waals surface area contributed by atoms with E-state index >= 15 is 0 Å². The molecule has 0 bridgehead atoms. The maximum atomic E-state index is 13.2. The number of amides is 2. The van der Waals surface area contributed by atoms with Gasteiger partial charge in [-0.1, -0.05) is 0 Å². The third kappa shape index (κ3) is 4.13. The lowest BCUT2D eigenvalue weighted by atomic mass is 10.1. The Kier molecular flexibility index (Phi) is 5.20. The van der Waals surface area contributed by atoms with Gasteiger partial charge in [0.15, 0.2) is 0 Å². The van der Waals surface area contributed by atoms with Crippen LogP contribution in [0.4, 0.5) is 20.3 Å². The number of hydrogen-bond acceptors (Lipinski definition) is 5. The van der Waals surface area contributed by atoms with Gasteiger partial charge in [0.1, 0.15) is 29.2 Å². The summed E-state index contributed by atoms with van der Waals surface area (Å²) in [4.78, 5) is 24.8. The molecular weight excluding hydrogens is 406 g/mol. The molecule has 1 aliphatic rings. The highest BCUT2D eigenvalue weighted by Crippen LogP contribution is 2.26. The number of aryl methyl sites for hydroxylation is 1. The molecule has 0 aliphatic carbocycles. The maximum absolute atomic E-state index is 13.2. The number of benzene rings is 2. The van der Waals surface area contributed by atoms with Crippen LogP contribution in [0.25, 0.3) is 5.69 Å². The number of anilines is 2. The summed E-state index contributed by atoms with van der Waals surface area (Å²) >= 11 is 0. The zero-order valence-corrected chi connectivity index (χ0v) is 16.4. The molecule has 0 radical (unpaired) electrons. The van der Waals surface area contributed by atoms with E-state index in [1.54, 1.807) is 13.0 Å². The van der Waals surface area contributed by atoms with Crippen LogP contribution in [0.1, 0.15) is 12.1 Å². The number of nitrogens with zero attached hydrogens (tertiary/aromatic N) is 4. The number of halogens is 2. The molecule has 0 saturated heterocycles. The van der Waals surface area contributed by atoms with E-state index < -0.39 is 29.5 Å². The van der Waals surface area contributed by atoms with Gasteiger partial charge in [-0.2, -0.15) is 10.2 Å². The zero-order valence-electron chi connectivity index (χ0n) is 16.4. The Hall–Kier alpha value is -4.08. The molecule has 1 aromatic heterocycles. The fourth-order valence-corrected chi connectivity index (χ4v) is 3.26. The molecule has 4 rings (SSSR count). The molecule has 2 amide bonds. The highest BCUT2D eigenvalue weighted by Gasteiger charge is 2.35. The molecule has 31 heavy (non-hydrogen) atoms. The first-order valence-corrected chi connectivity index (χ1v) is 9.37. The van der Waals surface area contributed by atoms with E-state index in [-0.39, 0.29) is 12.1 Å². The summed E-state index contributed by atoms with van der Waals surface area (Å²) in [5.74, 6) is -1.68. The van der Waals surface area contributed by atoms with E-state index in [0.29, 0.717) is 22.9 Å². The zero-order chi connectivity index (χ0) is 22.1. The molecule has 1 unspecified atom stereocenters. The first kappa shape index (κ1) is 20.2. The number of rotatable bonds is 5. The van der Waals surface area contributed by atoms with Crippen LogP contribution >= 0.6 is 0 Å². The van der Waals surface area contributed by atoms with E-state index in [1.165, 1.54) is 58.2 Å². The van der Waals surface area contributed by atoms with Crippen molar-refractivity contribution in [2.45, 2.75) is 19.4 Å². The Morgan fingerprint density at radius 2 is 1.61 bits per heavy atom. The summed E-state index contributed by atoms with van der Waals surface area (Å²) in [6.45, 7) is 1.75. The number of primary amides is 1. The van der Waals surface area contributed by atoms with Gasteiger partial charge in [0.05, 0.1) is 17.1 Å². The van der Waals surface area contributed by atoms with E-state index in [9.17, 15) is 18.4 Å². The number of carbonyl (C=O) groups excluding carboxylic acids is 2. The third-order valence-electron chi connectivity index (χ3n) is 4.74. The monoisotopic (exact) mass is 424 g/mol. The molecule has 0 fully saturated rings. The molecule has 10 heteroatoms. The molecule has 3 N–H and O–H groups in total. The third-order valence-corrected chi connectivity index (χ3v) is 4.74. The van der Waals surface area contributed by atoms with Crippen molar-refractivity contribution in [2.75, 3.05) is 10.3 Å². The Bertz CT molecular complexity index is 1170. The number of carbonyl (C=O) groups is 2. The minimum Gasteiger partial charge on any atom is -0.368 e. The van der Waals surface area contributed by atoms with Crippen molar-refractivity contribution in [3.8, 4) is 5.69 Å². The molecular formula is C21H18F2N6O2. The smallest absolute Gasteiger partial charge is 0.273 e. The fraction of sp³-hybridized carbons (Fsp3) is 0.143. The second-order valence-electron chi connectivity index (χ2n) is 7.00. The van der Waals surface area contributed by atoms with Crippen molar-refractivity contribution in [3.05, 3.63) is 71.9 Å². The van der Waals surface area contributed by atoms with Crippen LogP contribution in [0.2, 0.25) is 0 Å². The van der Waals surface area contributed by atoms with Crippen LogP contribution in [-0.2, 0) is 9.59 Å². The lowest BCUT2D eigenvalue weighted by Crippen LogP contribution is -2.39. The second kappa shape index (κ2) is 7.98. The van der Waals surface area contributed by atoms with Crippen molar-refractivity contribution < 1.29 is 18.4 Å². The number of nitrogens with two attached hydrogens (primary N) is 1. The summed E-state index contributed by atoms with van der Waals surface area (Å²) in [5, 5.41) is 12.6. The van der Waals surface area contributed by atoms with E-state index in [2.05, 4.69) is 15.5 Å². The summed E-state index contributed by atoms with van der Waals surface area (Å²) in [5.41, 5.74) is 7.19. The lowest BCUT2D eigenvalue weighted by molar-refractivity contribution is -0.119. The SMILES string of the molecule is Cc1cc(NC(=O)C2=NN(c3ccc(F)cc3)C(C(N)=O)C2)n(-c2ccc(F)cc2)n1. The molecule has 0 saturated carbocycles. The number of hydrogen-bond donors (Lipinski definition) is 2. The normalized spacial score (nSPS) is 15.6. The molecule has 1 atom stereocenters. The van der Waals surface area contributed by atoms with Gasteiger partial charge in [0.2, 0.25) is 5.91 Å².